The van der Waals surface area contributed by atoms with Gasteiger partial charge < -0.3 is 9.73 Å². The van der Waals surface area contributed by atoms with E-state index in [0.717, 1.165) is 15.7 Å². The average Bonchev–Trinajstić information content (AvgIpc) is 2.87. The molecule has 3 nitrogen and oxygen atoms in total. The van der Waals surface area contributed by atoms with Gasteiger partial charge in [-0.15, -0.1) is 0 Å². The summed E-state index contributed by atoms with van der Waals surface area (Å²) in [5, 5.41) is 3.04. The fourth-order valence-electron chi connectivity index (χ4n) is 1.45. The van der Waals surface area contributed by atoms with Crippen LogP contribution in [0.3, 0.4) is 0 Å². The summed E-state index contributed by atoms with van der Waals surface area (Å²) in [5.74, 6) is 0.168. The summed E-state index contributed by atoms with van der Waals surface area (Å²) >= 11 is 3.43. The lowest BCUT2D eigenvalue weighted by molar-refractivity contribution is 0.102. The quantitative estimate of drug-likeness (QED) is 0.681. The van der Waals surface area contributed by atoms with Crippen molar-refractivity contribution in [2.75, 3.05) is 5.32 Å². The Morgan fingerprint density at radius 2 is 2.22 bits per heavy atom. The molecule has 0 atom stereocenters. The van der Waals surface area contributed by atoms with Crippen LogP contribution >= 0.6 is 15.9 Å². The van der Waals surface area contributed by atoms with Crippen molar-refractivity contribution in [3.63, 3.8) is 0 Å². The van der Waals surface area contributed by atoms with Crippen LogP contribution in [0.4, 0.5) is 5.69 Å². The van der Waals surface area contributed by atoms with Crippen molar-refractivity contribution in [2.45, 2.75) is 6.92 Å². The Kier molecular flexibility index (Phi) is 3.99. The van der Waals surface area contributed by atoms with Crippen LogP contribution in [-0.4, -0.2) is 5.78 Å². The monoisotopic (exact) mass is 305 g/mol. The maximum atomic E-state index is 11.6. The molecule has 4 heteroatoms. The Bertz CT molecular complexity index is 573. The zero-order chi connectivity index (χ0) is 13.0. The molecule has 0 bridgehead atoms. The van der Waals surface area contributed by atoms with E-state index in [1.54, 1.807) is 18.3 Å². The number of anilines is 1. The number of nitrogens with one attached hydrogen (secondary N) is 1. The van der Waals surface area contributed by atoms with Crippen molar-refractivity contribution in [2.24, 2.45) is 0 Å². The highest BCUT2D eigenvalue weighted by molar-refractivity contribution is 9.10. The van der Waals surface area contributed by atoms with E-state index in [-0.39, 0.29) is 5.78 Å². The van der Waals surface area contributed by atoms with Crippen LogP contribution in [0.25, 0.3) is 0 Å². The zero-order valence-corrected chi connectivity index (χ0v) is 11.4. The van der Waals surface area contributed by atoms with Gasteiger partial charge in [-0.2, -0.15) is 0 Å². The standard InChI is InChI=1S/C14H12BrNO2/c1-10-9-11(4-5-12(10)15)16-7-6-13(17)14-3-2-8-18-14/h2-9,16H,1H3. The van der Waals surface area contributed by atoms with Crippen molar-refractivity contribution in [3.05, 3.63) is 64.7 Å². The maximum absolute atomic E-state index is 11.6. The predicted octanol–water partition coefficient (Wildman–Crippen LogP) is 4.16. The van der Waals surface area contributed by atoms with Crippen LogP contribution < -0.4 is 5.32 Å². The van der Waals surface area contributed by atoms with Gasteiger partial charge in [-0.05, 0) is 42.8 Å². The average molecular weight is 306 g/mol. The lowest BCUT2D eigenvalue weighted by Crippen LogP contribution is -1.94. The topological polar surface area (TPSA) is 42.2 Å². The molecule has 1 heterocycles. The van der Waals surface area contributed by atoms with Crippen LogP contribution in [0, 0.1) is 6.92 Å². The molecule has 0 amide bonds. The van der Waals surface area contributed by atoms with Gasteiger partial charge in [0, 0.05) is 22.4 Å². The summed E-state index contributed by atoms with van der Waals surface area (Å²) in [6.45, 7) is 2.01. The second-order valence-corrected chi connectivity index (χ2v) is 4.64. The Morgan fingerprint density at radius 3 is 2.89 bits per heavy atom. The first-order valence-electron chi connectivity index (χ1n) is 5.44. The summed E-state index contributed by atoms with van der Waals surface area (Å²) in [7, 11) is 0. The number of furan rings is 1. The number of aryl methyl sites for hydroxylation is 1. The molecule has 1 aromatic heterocycles. The summed E-state index contributed by atoms with van der Waals surface area (Å²) in [6, 6.07) is 9.20. The summed E-state index contributed by atoms with van der Waals surface area (Å²) < 4.78 is 6.06. The molecule has 0 unspecified atom stereocenters. The summed E-state index contributed by atoms with van der Waals surface area (Å²) in [4.78, 5) is 11.6. The lowest BCUT2D eigenvalue weighted by atomic mass is 10.2. The molecule has 2 aromatic rings. The van der Waals surface area contributed by atoms with Crippen molar-refractivity contribution < 1.29 is 9.21 Å². The van der Waals surface area contributed by atoms with Crippen LogP contribution in [0.5, 0.6) is 0 Å². The number of ketones is 1. The second-order valence-electron chi connectivity index (χ2n) is 3.78. The van der Waals surface area contributed by atoms with Gasteiger partial charge in [0.25, 0.3) is 0 Å². The van der Waals surface area contributed by atoms with E-state index in [1.165, 1.54) is 12.3 Å². The normalized spacial score (nSPS) is 10.8. The van der Waals surface area contributed by atoms with Gasteiger partial charge in [-0.3, -0.25) is 4.79 Å². The first-order chi connectivity index (χ1) is 8.66. The molecule has 0 fully saturated rings. The minimum absolute atomic E-state index is 0.165. The molecule has 0 saturated heterocycles. The molecule has 18 heavy (non-hydrogen) atoms. The molecule has 0 spiro atoms. The van der Waals surface area contributed by atoms with Gasteiger partial charge in [0.1, 0.15) is 0 Å². The molecule has 92 valence electrons. The van der Waals surface area contributed by atoms with Gasteiger partial charge in [0.05, 0.1) is 6.26 Å². The van der Waals surface area contributed by atoms with E-state index in [4.69, 9.17) is 4.42 Å². The molecule has 0 aliphatic rings. The molecule has 0 aliphatic carbocycles. The SMILES string of the molecule is Cc1cc(NC=CC(=O)c2ccco2)ccc1Br. The van der Waals surface area contributed by atoms with Crippen molar-refractivity contribution in [1.82, 2.24) is 0 Å². The minimum atomic E-state index is -0.165. The van der Waals surface area contributed by atoms with E-state index in [0.29, 0.717) is 5.76 Å². The van der Waals surface area contributed by atoms with Crippen LogP contribution in [0.2, 0.25) is 0 Å². The van der Waals surface area contributed by atoms with E-state index < -0.39 is 0 Å². The van der Waals surface area contributed by atoms with Crippen LogP contribution in [-0.2, 0) is 0 Å². The number of carbonyl (C=O) groups is 1. The molecule has 1 aromatic carbocycles. The third kappa shape index (κ3) is 3.11. The molecule has 0 saturated carbocycles. The number of benzene rings is 1. The molecular weight excluding hydrogens is 294 g/mol. The molecule has 0 aliphatic heterocycles. The molecule has 0 radical (unpaired) electrons. The van der Waals surface area contributed by atoms with E-state index in [9.17, 15) is 4.79 Å². The zero-order valence-electron chi connectivity index (χ0n) is 9.81. The van der Waals surface area contributed by atoms with Gasteiger partial charge >= 0.3 is 0 Å². The Labute approximate surface area is 114 Å². The van der Waals surface area contributed by atoms with Gasteiger partial charge in [-0.1, -0.05) is 15.9 Å². The summed E-state index contributed by atoms with van der Waals surface area (Å²) in [6.07, 6.45) is 4.52. The van der Waals surface area contributed by atoms with Gasteiger partial charge in [0.2, 0.25) is 5.78 Å². The Morgan fingerprint density at radius 1 is 1.39 bits per heavy atom. The minimum Gasteiger partial charge on any atom is -0.461 e. The van der Waals surface area contributed by atoms with E-state index in [2.05, 4.69) is 21.2 Å². The van der Waals surface area contributed by atoms with Gasteiger partial charge in [-0.25, -0.2) is 0 Å². The van der Waals surface area contributed by atoms with Crippen molar-refractivity contribution >= 4 is 27.4 Å². The number of carbonyl (C=O) groups excluding carboxylic acids is 1. The molecule has 2 rings (SSSR count). The highest BCUT2D eigenvalue weighted by Crippen LogP contribution is 2.19. The largest absolute Gasteiger partial charge is 0.461 e. The number of allylic oxidation sites excluding steroid dienone is 1. The summed E-state index contributed by atoms with van der Waals surface area (Å²) in [5.41, 5.74) is 2.06. The predicted molar refractivity (Wildman–Crippen MR) is 74.7 cm³/mol. The molecular formula is C14H12BrNO2. The number of halogens is 1. The van der Waals surface area contributed by atoms with Crippen molar-refractivity contribution in [3.8, 4) is 0 Å². The number of hydrogen-bond donors (Lipinski definition) is 1. The smallest absolute Gasteiger partial charge is 0.222 e. The van der Waals surface area contributed by atoms with E-state index >= 15 is 0 Å². The number of hydrogen-bond acceptors (Lipinski definition) is 3. The highest BCUT2D eigenvalue weighted by Gasteiger charge is 2.03. The first-order valence-corrected chi connectivity index (χ1v) is 6.23. The van der Waals surface area contributed by atoms with Gasteiger partial charge in [0.15, 0.2) is 5.76 Å². The third-order valence-corrected chi connectivity index (χ3v) is 3.30. The Balaban J connectivity index is 1.99. The fraction of sp³-hybridized carbons (Fsp3) is 0.0714. The lowest BCUT2D eigenvalue weighted by Gasteiger charge is -2.03. The third-order valence-electron chi connectivity index (χ3n) is 2.41. The second kappa shape index (κ2) is 5.69. The number of rotatable bonds is 4. The molecule has 1 N–H and O–H groups in total. The Hall–Kier alpha value is -1.81. The van der Waals surface area contributed by atoms with Crippen molar-refractivity contribution in [1.29, 1.82) is 0 Å². The highest BCUT2D eigenvalue weighted by atomic mass is 79.9. The van der Waals surface area contributed by atoms with Crippen LogP contribution in [0.15, 0.2) is 57.8 Å². The van der Waals surface area contributed by atoms with E-state index in [1.807, 2.05) is 25.1 Å². The fourth-order valence-corrected chi connectivity index (χ4v) is 1.70. The maximum Gasteiger partial charge on any atom is 0.222 e. The van der Waals surface area contributed by atoms with Crippen LogP contribution in [0.1, 0.15) is 16.1 Å². The first kappa shape index (κ1) is 12.6.